The van der Waals surface area contributed by atoms with Crippen LogP contribution in [-0.4, -0.2) is 46.4 Å². The molecule has 80 valence electrons. The Morgan fingerprint density at radius 2 is 1.54 bits per heavy atom. The van der Waals surface area contributed by atoms with E-state index in [9.17, 15) is 0 Å². The van der Waals surface area contributed by atoms with Crippen LogP contribution in [0.25, 0.3) is 0 Å². The van der Waals surface area contributed by atoms with Gasteiger partial charge in [-0.3, -0.25) is 0 Å². The molecule has 0 radical (unpaired) electrons. The lowest BCUT2D eigenvalue weighted by Gasteiger charge is -2.31. The summed E-state index contributed by atoms with van der Waals surface area (Å²) in [7, 11) is 6.18. The normalized spacial score (nSPS) is 12.5. The summed E-state index contributed by atoms with van der Waals surface area (Å²) in [6.45, 7) is 0. The van der Waals surface area contributed by atoms with Gasteiger partial charge in [0, 0.05) is 28.4 Å². The number of rotatable bonds is 7. The Labute approximate surface area is 84.1 Å². The maximum absolute atomic E-state index is 5.72. The smallest absolute Gasteiger partial charge is 0.185 e. The highest BCUT2D eigenvalue weighted by atomic mass is 35.5. The number of halogens is 1. The summed E-state index contributed by atoms with van der Waals surface area (Å²) < 4.78 is 20.4. The van der Waals surface area contributed by atoms with Crippen molar-refractivity contribution in [3.63, 3.8) is 0 Å². The van der Waals surface area contributed by atoms with E-state index in [0.717, 1.165) is 0 Å². The Morgan fingerprint density at radius 1 is 1.08 bits per heavy atom. The average Bonchev–Trinajstić information content (AvgIpc) is 2.21. The van der Waals surface area contributed by atoms with Crippen molar-refractivity contribution in [3.8, 4) is 0 Å². The van der Waals surface area contributed by atoms with Gasteiger partial charge in [-0.25, -0.2) is 0 Å². The van der Waals surface area contributed by atoms with Crippen LogP contribution in [0.1, 0.15) is 6.42 Å². The first kappa shape index (κ1) is 13.1. The highest BCUT2D eigenvalue weighted by Gasteiger charge is 2.32. The Bertz CT molecular complexity index is 115. The molecule has 0 heterocycles. The largest absolute Gasteiger partial charge is 0.356 e. The SMILES string of the molecule is COC(CC(CCl)(OC)OC)OC. The van der Waals surface area contributed by atoms with Crippen molar-refractivity contribution in [2.75, 3.05) is 34.3 Å². The molecule has 13 heavy (non-hydrogen) atoms. The molecule has 5 heteroatoms. The van der Waals surface area contributed by atoms with E-state index in [-0.39, 0.29) is 12.2 Å². The maximum Gasteiger partial charge on any atom is 0.185 e. The van der Waals surface area contributed by atoms with E-state index >= 15 is 0 Å². The molecule has 0 saturated carbocycles. The third kappa shape index (κ3) is 3.79. The molecule has 0 aliphatic carbocycles. The van der Waals surface area contributed by atoms with Crippen molar-refractivity contribution >= 4 is 11.6 Å². The fraction of sp³-hybridized carbons (Fsp3) is 1.00. The summed E-state index contributed by atoms with van der Waals surface area (Å²) in [6.07, 6.45) is 0.0508. The second-order valence-corrected chi connectivity index (χ2v) is 2.82. The predicted molar refractivity (Wildman–Crippen MR) is 49.9 cm³/mol. The van der Waals surface area contributed by atoms with Crippen LogP contribution in [0.2, 0.25) is 0 Å². The minimum Gasteiger partial charge on any atom is -0.356 e. The molecule has 0 aromatic carbocycles. The zero-order valence-electron chi connectivity index (χ0n) is 8.50. The zero-order chi connectivity index (χ0) is 10.3. The summed E-state index contributed by atoms with van der Waals surface area (Å²) in [5, 5.41) is 0. The van der Waals surface area contributed by atoms with E-state index in [4.69, 9.17) is 30.5 Å². The Balaban J connectivity index is 4.21. The van der Waals surface area contributed by atoms with E-state index in [0.29, 0.717) is 6.42 Å². The second-order valence-electron chi connectivity index (χ2n) is 2.56. The summed E-state index contributed by atoms with van der Waals surface area (Å²) in [6, 6.07) is 0. The monoisotopic (exact) mass is 212 g/mol. The van der Waals surface area contributed by atoms with Gasteiger partial charge in [0.15, 0.2) is 12.1 Å². The first-order valence-corrected chi connectivity index (χ1v) is 4.43. The lowest BCUT2D eigenvalue weighted by molar-refractivity contribution is -0.237. The molecular weight excluding hydrogens is 196 g/mol. The van der Waals surface area contributed by atoms with Gasteiger partial charge in [0.05, 0.1) is 12.3 Å². The van der Waals surface area contributed by atoms with Crippen molar-refractivity contribution < 1.29 is 18.9 Å². The van der Waals surface area contributed by atoms with Crippen LogP contribution in [0.15, 0.2) is 0 Å². The summed E-state index contributed by atoms with van der Waals surface area (Å²) in [5.41, 5.74) is 0. The highest BCUT2D eigenvalue weighted by molar-refractivity contribution is 6.18. The summed E-state index contributed by atoms with van der Waals surface area (Å²) in [4.78, 5) is 0. The van der Waals surface area contributed by atoms with Gasteiger partial charge in [-0.05, 0) is 0 Å². The molecule has 0 N–H and O–H groups in total. The highest BCUT2D eigenvalue weighted by Crippen LogP contribution is 2.21. The van der Waals surface area contributed by atoms with Crippen LogP contribution in [0, 0.1) is 0 Å². The quantitative estimate of drug-likeness (QED) is 0.470. The van der Waals surface area contributed by atoms with Crippen LogP contribution in [0.4, 0.5) is 0 Å². The van der Waals surface area contributed by atoms with Gasteiger partial charge in [-0.1, -0.05) is 0 Å². The Morgan fingerprint density at radius 3 is 1.77 bits per heavy atom. The molecule has 0 amide bonds. The number of hydrogen-bond donors (Lipinski definition) is 0. The molecule has 0 bridgehead atoms. The number of alkyl halides is 1. The molecule has 0 aromatic heterocycles. The molecule has 0 spiro atoms. The number of methoxy groups -OCH3 is 4. The van der Waals surface area contributed by atoms with E-state index in [2.05, 4.69) is 0 Å². The fourth-order valence-electron chi connectivity index (χ4n) is 0.930. The van der Waals surface area contributed by atoms with Crippen LogP contribution in [0.5, 0.6) is 0 Å². The van der Waals surface area contributed by atoms with Crippen LogP contribution in [0.3, 0.4) is 0 Å². The van der Waals surface area contributed by atoms with E-state index in [1.807, 2.05) is 0 Å². The lowest BCUT2D eigenvalue weighted by Crippen LogP contribution is -2.40. The third-order valence-electron chi connectivity index (χ3n) is 1.95. The Kier molecular flexibility index (Phi) is 6.63. The maximum atomic E-state index is 5.72. The Hall–Kier alpha value is 0.130. The van der Waals surface area contributed by atoms with Gasteiger partial charge in [0.1, 0.15) is 0 Å². The lowest BCUT2D eigenvalue weighted by atomic mass is 10.2. The molecule has 0 atom stereocenters. The van der Waals surface area contributed by atoms with E-state index in [1.54, 1.807) is 14.2 Å². The molecular formula is C8H17ClO4. The van der Waals surface area contributed by atoms with Crippen LogP contribution < -0.4 is 0 Å². The van der Waals surface area contributed by atoms with Crippen molar-refractivity contribution in [1.29, 1.82) is 0 Å². The van der Waals surface area contributed by atoms with Gasteiger partial charge < -0.3 is 18.9 Å². The first-order valence-electron chi connectivity index (χ1n) is 3.90. The zero-order valence-corrected chi connectivity index (χ0v) is 9.26. The minimum absolute atomic E-state index is 0.225. The molecule has 0 aliphatic heterocycles. The standard InChI is InChI=1S/C8H17ClO4/c1-10-7(11-2)5-8(6-9,12-3)13-4/h7H,5-6H2,1-4H3. The molecule has 0 saturated heterocycles. The average molecular weight is 213 g/mol. The molecule has 0 aliphatic rings. The topological polar surface area (TPSA) is 36.9 Å². The molecule has 0 unspecified atom stereocenters. The summed E-state index contributed by atoms with van der Waals surface area (Å²) >= 11 is 5.72. The predicted octanol–water partition coefficient (Wildman–Crippen LogP) is 1.22. The molecule has 0 fully saturated rings. The van der Waals surface area contributed by atoms with Gasteiger partial charge >= 0.3 is 0 Å². The van der Waals surface area contributed by atoms with Gasteiger partial charge in [0.2, 0.25) is 0 Å². The third-order valence-corrected chi connectivity index (χ3v) is 2.36. The molecule has 4 nitrogen and oxygen atoms in total. The second kappa shape index (κ2) is 6.56. The van der Waals surface area contributed by atoms with E-state index < -0.39 is 5.79 Å². The van der Waals surface area contributed by atoms with Crippen molar-refractivity contribution in [2.45, 2.75) is 18.5 Å². The van der Waals surface area contributed by atoms with Crippen molar-refractivity contribution in [1.82, 2.24) is 0 Å². The summed E-state index contributed by atoms with van der Waals surface area (Å²) in [5.74, 6) is -0.610. The van der Waals surface area contributed by atoms with Gasteiger partial charge in [-0.15, -0.1) is 11.6 Å². The minimum atomic E-state index is -0.835. The number of hydrogen-bond acceptors (Lipinski definition) is 4. The molecule has 0 rings (SSSR count). The van der Waals surface area contributed by atoms with Crippen LogP contribution >= 0.6 is 11.6 Å². The van der Waals surface area contributed by atoms with Crippen molar-refractivity contribution in [2.24, 2.45) is 0 Å². The van der Waals surface area contributed by atoms with E-state index in [1.165, 1.54) is 14.2 Å². The van der Waals surface area contributed by atoms with Gasteiger partial charge in [-0.2, -0.15) is 0 Å². The number of ether oxygens (including phenoxy) is 4. The molecule has 0 aromatic rings. The first-order chi connectivity index (χ1) is 6.17. The van der Waals surface area contributed by atoms with Crippen LogP contribution in [-0.2, 0) is 18.9 Å². The van der Waals surface area contributed by atoms with Gasteiger partial charge in [0.25, 0.3) is 0 Å². The van der Waals surface area contributed by atoms with Crippen molar-refractivity contribution in [3.05, 3.63) is 0 Å². The fourth-order valence-corrected chi connectivity index (χ4v) is 1.26.